The summed E-state index contributed by atoms with van der Waals surface area (Å²) >= 11 is 0. The number of nitrogens with zero attached hydrogens (tertiary/aromatic N) is 1. The largest absolute Gasteiger partial charge is 0.481 e. The zero-order valence-corrected chi connectivity index (χ0v) is 13.3. The summed E-state index contributed by atoms with van der Waals surface area (Å²) < 4.78 is 0. The van der Waals surface area contributed by atoms with Gasteiger partial charge in [0, 0.05) is 12.6 Å². The lowest BCUT2D eigenvalue weighted by molar-refractivity contribution is -0.148. The molecule has 0 spiro atoms. The first kappa shape index (κ1) is 16.5. The Balaban J connectivity index is 2.74. The van der Waals surface area contributed by atoms with Gasteiger partial charge in [0.25, 0.3) is 0 Å². The smallest absolute Gasteiger partial charge is 0.310 e. The second-order valence-corrected chi connectivity index (χ2v) is 7.07. The second kappa shape index (κ2) is 6.74. The molecule has 1 aliphatic heterocycles. The van der Waals surface area contributed by atoms with E-state index in [0.717, 1.165) is 25.9 Å². The zero-order valence-electron chi connectivity index (χ0n) is 13.3. The van der Waals surface area contributed by atoms with Crippen LogP contribution in [0.2, 0.25) is 0 Å². The van der Waals surface area contributed by atoms with Gasteiger partial charge in [-0.1, -0.05) is 34.6 Å². The van der Waals surface area contributed by atoms with E-state index in [1.165, 1.54) is 12.8 Å². The first-order chi connectivity index (χ1) is 8.80. The first-order valence-electron chi connectivity index (χ1n) is 7.78. The van der Waals surface area contributed by atoms with Gasteiger partial charge in [-0.25, -0.2) is 0 Å². The van der Waals surface area contributed by atoms with Crippen LogP contribution in [-0.4, -0.2) is 35.1 Å². The number of carbonyl (C=O) groups is 1. The normalized spacial score (nSPS) is 24.8. The Morgan fingerprint density at radius 1 is 1.21 bits per heavy atom. The van der Waals surface area contributed by atoms with Crippen molar-refractivity contribution in [2.24, 2.45) is 17.3 Å². The predicted octanol–water partition coefficient (Wildman–Crippen LogP) is 3.63. The number of rotatable bonds is 7. The van der Waals surface area contributed by atoms with Gasteiger partial charge >= 0.3 is 5.97 Å². The molecule has 19 heavy (non-hydrogen) atoms. The lowest BCUT2D eigenvalue weighted by Crippen LogP contribution is -2.39. The van der Waals surface area contributed by atoms with Gasteiger partial charge in [-0.3, -0.25) is 9.69 Å². The van der Waals surface area contributed by atoms with E-state index in [2.05, 4.69) is 32.6 Å². The average Bonchev–Trinajstić information content (AvgIpc) is 2.72. The van der Waals surface area contributed by atoms with Crippen molar-refractivity contribution in [3.8, 4) is 0 Å². The quantitative estimate of drug-likeness (QED) is 0.767. The summed E-state index contributed by atoms with van der Waals surface area (Å²) in [7, 11) is 0. The molecule has 3 heteroatoms. The minimum absolute atomic E-state index is 0.494. The minimum Gasteiger partial charge on any atom is -0.481 e. The third kappa shape index (κ3) is 4.20. The highest BCUT2D eigenvalue weighted by Gasteiger charge is 2.44. The monoisotopic (exact) mass is 269 g/mol. The molecule has 1 saturated heterocycles. The lowest BCUT2D eigenvalue weighted by Gasteiger charge is -2.32. The Morgan fingerprint density at radius 3 is 2.05 bits per heavy atom. The molecule has 0 bridgehead atoms. The van der Waals surface area contributed by atoms with Crippen LogP contribution >= 0.6 is 0 Å². The third-order valence-corrected chi connectivity index (χ3v) is 4.52. The summed E-state index contributed by atoms with van der Waals surface area (Å²) in [6.45, 7) is 12.7. The average molecular weight is 269 g/mol. The molecule has 0 amide bonds. The fraction of sp³-hybridized carbons (Fsp3) is 0.938. The Bertz CT molecular complexity index is 291. The van der Waals surface area contributed by atoms with Gasteiger partial charge in [0.15, 0.2) is 0 Å². The minimum atomic E-state index is -0.606. The molecule has 0 saturated carbocycles. The van der Waals surface area contributed by atoms with E-state index in [1.807, 2.05) is 6.92 Å². The van der Waals surface area contributed by atoms with E-state index in [0.29, 0.717) is 17.9 Å². The maximum atomic E-state index is 11.5. The van der Waals surface area contributed by atoms with Crippen LogP contribution in [0.4, 0.5) is 0 Å². The Kier molecular flexibility index (Phi) is 5.84. The summed E-state index contributed by atoms with van der Waals surface area (Å²) in [5.74, 6) is 0.737. The topological polar surface area (TPSA) is 40.5 Å². The molecule has 1 heterocycles. The molecule has 1 aliphatic rings. The highest BCUT2D eigenvalue weighted by atomic mass is 16.4. The maximum absolute atomic E-state index is 11.5. The van der Waals surface area contributed by atoms with Crippen molar-refractivity contribution in [3.05, 3.63) is 0 Å². The molecule has 0 aromatic heterocycles. The molecule has 0 aromatic carbocycles. The van der Waals surface area contributed by atoms with Gasteiger partial charge in [0.05, 0.1) is 5.41 Å². The summed E-state index contributed by atoms with van der Waals surface area (Å²) in [5, 5.41) is 9.50. The van der Waals surface area contributed by atoms with Crippen molar-refractivity contribution in [1.29, 1.82) is 0 Å². The molecular weight excluding hydrogens is 238 g/mol. The zero-order chi connectivity index (χ0) is 14.6. The fourth-order valence-corrected chi connectivity index (χ4v) is 3.31. The van der Waals surface area contributed by atoms with E-state index < -0.39 is 11.4 Å². The lowest BCUT2D eigenvalue weighted by atomic mass is 9.84. The second-order valence-electron chi connectivity index (χ2n) is 7.07. The van der Waals surface area contributed by atoms with Crippen molar-refractivity contribution >= 4 is 5.97 Å². The Labute approximate surface area is 118 Å². The SMILES string of the molecule is CCC1(C(=O)O)CCN(C(CC(C)C)CC(C)C)C1. The number of carboxylic acid groups (broad SMARTS) is 1. The number of carboxylic acids is 1. The summed E-state index contributed by atoms with van der Waals surface area (Å²) in [6, 6.07) is 0.549. The van der Waals surface area contributed by atoms with E-state index >= 15 is 0 Å². The van der Waals surface area contributed by atoms with Crippen LogP contribution in [0.15, 0.2) is 0 Å². The fourth-order valence-electron chi connectivity index (χ4n) is 3.31. The molecule has 0 radical (unpaired) electrons. The third-order valence-electron chi connectivity index (χ3n) is 4.52. The van der Waals surface area contributed by atoms with Crippen LogP contribution in [0.1, 0.15) is 60.3 Å². The Morgan fingerprint density at radius 2 is 1.74 bits per heavy atom. The Hall–Kier alpha value is -0.570. The molecule has 112 valence electrons. The van der Waals surface area contributed by atoms with Crippen LogP contribution in [0.5, 0.6) is 0 Å². The van der Waals surface area contributed by atoms with E-state index in [4.69, 9.17) is 0 Å². The molecule has 1 rings (SSSR count). The van der Waals surface area contributed by atoms with Crippen molar-refractivity contribution < 1.29 is 9.90 Å². The molecule has 1 fully saturated rings. The van der Waals surface area contributed by atoms with Gasteiger partial charge in [0.1, 0.15) is 0 Å². The van der Waals surface area contributed by atoms with Gasteiger partial charge in [-0.05, 0) is 44.1 Å². The van der Waals surface area contributed by atoms with Crippen molar-refractivity contribution in [2.45, 2.75) is 66.3 Å². The molecule has 0 aliphatic carbocycles. The van der Waals surface area contributed by atoms with Crippen molar-refractivity contribution in [3.63, 3.8) is 0 Å². The van der Waals surface area contributed by atoms with E-state index in [9.17, 15) is 9.90 Å². The number of likely N-dealkylation sites (tertiary alicyclic amines) is 1. The first-order valence-corrected chi connectivity index (χ1v) is 7.78. The molecule has 0 aromatic rings. The number of aliphatic carboxylic acids is 1. The maximum Gasteiger partial charge on any atom is 0.310 e. The van der Waals surface area contributed by atoms with Crippen LogP contribution in [0.25, 0.3) is 0 Å². The summed E-state index contributed by atoms with van der Waals surface area (Å²) in [5.41, 5.74) is -0.494. The van der Waals surface area contributed by atoms with Crippen LogP contribution in [-0.2, 0) is 4.79 Å². The molecule has 1 unspecified atom stereocenters. The highest BCUT2D eigenvalue weighted by Crippen LogP contribution is 2.37. The number of hydrogen-bond acceptors (Lipinski definition) is 2. The molecule has 1 N–H and O–H groups in total. The van der Waals surface area contributed by atoms with Crippen LogP contribution in [0, 0.1) is 17.3 Å². The standard InChI is InChI=1S/C16H31NO2/c1-6-16(15(18)19)7-8-17(11-16)14(9-12(2)3)10-13(4)5/h12-14H,6-11H2,1-5H3,(H,18,19). The van der Waals surface area contributed by atoms with Crippen molar-refractivity contribution in [2.75, 3.05) is 13.1 Å². The van der Waals surface area contributed by atoms with Gasteiger partial charge < -0.3 is 5.11 Å². The van der Waals surface area contributed by atoms with Gasteiger partial charge in [-0.15, -0.1) is 0 Å². The summed E-state index contributed by atoms with van der Waals surface area (Å²) in [6.07, 6.45) is 3.91. The van der Waals surface area contributed by atoms with E-state index in [-0.39, 0.29) is 0 Å². The number of hydrogen-bond donors (Lipinski definition) is 1. The molecule has 1 atom stereocenters. The van der Waals surface area contributed by atoms with Crippen LogP contribution in [0.3, 0.4) is 0 Å². The molecule has 3 nitrogen and oxygen atoms in total. The van der Waals surface area contributed by atoms with Gasteiger partial charge in [-0.2, -0.15) is 0 Å². The predicted molar refractivity (Wildman–Crippen MR) is 79.2 cm³/mol. The van der Waals surface area contributed by atoms with E-state index in [1.54, 1.807) is 0 Å². The summed E-state index contributed by atoms with van der Waals surface area (Å²) in [4.78, 5) is 14.0. The van der Waals surface area contributed by atoms with Crippen LogP contribution < -0.4 is 0 Å². The van der Waals surface area contributed by atoms with Gasteiger partial charge in [0.2, 0.25) is 0 Å². The highest BCUT2D eigenvalue weighted by molar-refractivity contribution is 5.75. The van der Waals surface area contributed by atoms with Crippen molar-refractivity contribution in [1.82, 2.24) is 4.90 Å². The molecular formula is C16H31NO2.